The van der Waals surface area contributed by atoms with Crippen molar-refractivity contribution in [2.24, 2.45) is 0 Å². The molecule has 6 rings (SSSR count). The SMILES string of the molecule is C=CCOc1ccc([C@@H]2/C(=C(\O)c3ccc4c(c3)C[C@H](C)O4)C(=O)C(=O)N2c2nc3ccc(Cl)cc3s2)cc1. The van der Waals surface area contributed by atoms with Crippen molar-refractivity contribution in [3.05, 3.63) is 101 Å². The van der Waals surface area contributed by atoms with Gasteiger partial charge in [-0.05, 0) is 66.6 Å². The summed E-state index contributed by atoms with van der Waals surface area (Å²) in [5.74, 6) is -0.444. The van der Waals surface area contributed by atoms with Gasteiger partial charge in [-0.1, -0.05) is 47.7 Å². The molecule has 196 valence electrons. The van der Waals surface area contributed by atoms with Crippen LogP contribution in [-0.2, 0) is 16.0 Å². The standard InChI is InChI=1S/C30H23ClN2O5S/c1-3-12-37-21-8-4-17(5-9-21)26-25(27(34)18-6-11-23-19(14-18)13-16(2)38-23)28(35)29(36)33(26)30-32-22-10-7-20(31)15-24(22)39-30/h3-11,14-16,26,34H,1,12-13H2,2H3/b27-25+/t16-,26+/m0/s1. The summed E-state index contributed by atoms with van der Waals surface area (Å²) in [7, 11) is 0. The number of benzene rings is 3. The van der Waals surface area contributed by atoms with Crippen molar-refractivity contribution in [3.8, 4) is 11.5 Å². The van der Waals surface area contributed by atoms with Gasteiger partial charge in [-0.25, -0.2) is 4.98 Å². The number of carbonyl (C=O) groups is 2. The van der Waals surface area contributed by atoms with Gasteiger partial charge in [0.05, 0.1) is 21.8 Å². The number of carbonyl (C=O) groups excluding carboxylic acids is 2. The first-order valence-electron chi connectivity index (χ1n) is 12.3. The second-order valence-corrected chi connectivity index (χ2v) is 10.8. The molecule has 0 unspecified atom stereocenters. The van der Waals surface area contributed by atoms with E-state index in [2.05, 4.69) is 11.6 Å². The summed E-state index contributed by atoms with van der Waals surface area (Å²) in [4.78, 5) is 33.1. The van der Waals surface area contributed by atoms with Crippen LogP contribution in [0.5, 0.6) is 11.5 Å². The number of hydrogen-bond donors (Lipinski definition) is 1. The predicted molar refractivity (Wildman–Crippen MR) is 152 cm³/mol. The minimum absolute atomic E-state index is 0.0102. The Kier molecular flexibility index (Phi) is 6.37. The van der Waals surface area contributed by atoms with Gasteiger partial charge >= 0.3 is 5.91 Å². The maximum absolute atomic E-state index is 13.5. The molecule has 0 spiro atoms. The Labute approximate surface area is 233 Å². The highest BCUT2D eigenvalue weighted by Crippen LogP contribution is 2.45. The van der Waals surface area contributed by atoms with Crippen molar-refractivity contribution in [3.63, 3.8) is 0 Å². The average Bonchev–Trinajstić information content (AvgIpc) is 3.59. The number of aromatic nitrogens is 1. The van der Waals surface area contributed by atoms with Crippen molar-refractivity contribution in [2.45, 2.75) is 25.5 Å². The summed E-state index contributed by atoms with van der Waals surface area (Å²) in [6.07, 6.45) is 2.36. The summed E-state index contributed by atoms with van der Waals surface area (Å²) in [6.45, 7) is 5.97. The number of fused-ring (bicyclic) bond motifs is 2. The molecular weight excluding hydrogens is 536 g/mol. The number of anilines is 1. The summed E-state index contributed by atoms with van der Waals surface area (Å²) < 4.78 is 12.2. The molecule has 1 amide bonds. The number of Topliss-reactive ketones (excluding diaryl/α,β-unsaturated/α-hetero) is 1. The lowest BCUT2D eigenvalue weighted by molar-refractivity contribution is -0.132. The zero-order chi connectivity index (χ0) is 27.3. The molecule has 1 aromatic heterocycles. The zero-order valence-electron chi connectivity index (χ0n) is 20.9. The van der Waals surface area contributed by atoms with Gasteiger partial charge in [0.1, 0.15) is 30.0 Å². The monoisotopic (exact) mass is 558 g/mol. The lowest BCUT2D eigenvalue weighted by Gasteiger charge is -2.23. The third-order valence-corrected chi connectivity index (χ3v) is 7.98. The van der Waals surface area contributed by atoms with E-state index < -0.39 is 17.7 Å². The van der Waals surface area contributed by atoms with Crippen LogP contribution in [0.4, 0.5) is 5.13 Å². The molecule has 2 aliphatic heterocycles. The molecule has 0 radical (unpaired) electrons. The normalized spacial score (nSPS) is 19.8. The van der Waals surface area contributed by atoms with Crippen molar-refractivity contribution in [1.82, 2.24) is 4.98 Å². The van der Waals surface area contributed by atoms with Crippen LogP contribution >= 0.6 is 22.9 Å². The number of ketones is 1. The highest BCUT2D eigenvalue weighted by molar-refractivity contribution is 7.22. The number of amides is 1. The smallest absolute Gasteiger partial charge is 0.301 e. The fourth-order valence-electron chi connectivity index (χ4n) is 4.96. The molecule has 3 aromatic carbocycles. The van der Waals surface area contributed by atoms with Crippen LogP contribution in [0.1, 0.15) is 29.7 Å². The molecular formula is C30H23ClN2O5S. The van der Waals surface area contributed by atoms with Crippen LogP contribution in [0.25, 0.3) is 16.0 Å². The van der Waals surface area contributed by atoms with E-state index in [0.717, 1.165) is 16.0 Å². The Morgan fingerprint density at radius 2 is 2.00 bits per heavy atom. The van der Waals surface area contributed by atoms with Gasteiger partial charge in [-0.2, -0.15) is 0 Å². The Hall–Kier alpha value is -4.14. The van der Waals surface area contributed by atoms with Crippen molar-refractivity contribution in [1.29, 1.82) is 0 Å². The van der Waals surface area contributed by atoms with E-state index in [0.29, 0.717) is 45.6 Å². The van der Waals surface area contributed by atoms with Crippen LogP contribution in [0.15, 0.2) is 78.9 Å². The molecule has 39 heavy (non-hydrogen) atoms. The van der Waals surface area contributed by atoms with Crippen molar-refractivity contribution >= 4 is 55.7 Å². The van der Waals surface area contributed by atoms with E-state index in [1.165, 1.54) is 16.2 Å². The van der Waals surface area contributed by atoms with Gasteiger partial charge in [-0.15, -0.1) is 0 Å². The third kappa shape index (κ3) is 4.45. The Balaban J connectivity index is 1.50. The van der Waals surface area contributed by atoms with Crippen LogP contribution in [0.3, 0.4) is 0 Å². The van der Waals surface area contributed by atoms with Gasteiger partial charge in [0.2, 0.25) is 0 Å². The number of aliphatic hydroxyl groups is 1. The number of hydrogen-bond acceptors (Lipinski definition) is 7. The van der Waals surface area contributed by atoms with Crippen LogP contribution < -0.4 is 14.4 Å². The van der Waals surface area contributed by atoms with Gasteiger partial charge < -0.3 is 14.6 Å². The van der Waals surface area contributed by atoms with Crippen LogP contribution in [0.2, 0.25) is 5.02 Å². The fourth-order valence-corrected chi connectivity index (χ4v) is 6.23. The molecule has 0 aliphatic carbocycles. The maximum Gasteiger partial charge on any atom is 0.301 e. The molecule has 7 nitrogen and oxygen atoms in total. The lowest BCUT2D eigenvalue weighted by atomic mass is 9.94. The molecule has 3 heterocycles. The van der Waals surface area contributed by atoms with E-state index in [9.17, 15) is 14.7 Å². The number of ether oxygens (including phenoxy) is 2. The Bertz CT molecular complexity index is 1680. The number of nitrogens with zero attached hydrogens (tertiary/aromatic N) is 2. The largest absolute Gasteiger partial charge is 0.507 e. The lowest BCUT2D eigenvalue weighted by Crippen LogP contribution is -2.29. The molecule has 1 N–H and O–H groups in total. The van der Waals surface area contributed by atoms with E-state index in [-0.39, 0.29) is 17.4 Å². The van der Waals surface area contributed by atoms with E-state index in [1.807, 2.05) is 13.0 Å². The molecule has 1 saturated heterocycles. The number of aliphatic hydroxyl groups excluding tert-OH is 1. The minimum Gasteiger partial charge on any atom is -0.507 e. The van der Waals surface area contributed by atoms with Gasteiger partial charge in [-0.3, -0.25) is 14.5 Å². The third-order valence-electron chi connectivity index (χ3n) is 6.72. The zero-order valence-corrected chi connectivity index (χ0v) is 22.5. The van der Waals surface area contributed by atoms with Gasteiger partial charge in [0.15, 0.2) is 5.13 Å². The second kappa shape index (κ2) is 9.87. The van der Waals surface area contributed by atoms with Gasteiger partial charge in [0.25, 0.3) is 5.78 Å². The topological polar surface area (TPSA) is 89.0 Å². The molecule has 0 saturated carbocycles. The highest BCUT2D eigenvalue weighted by atomic mass is 35.5. The number of rotatable bonds is 6. The van der Waals surface area contributed by atoms with E-state index in [1.54, 1.807) is 60.7 Å². The first-order valence-corrected chi connectivity index (χ1v) is 13.5. The Morgan fingerprint density at radius 3 is 2.77 bits per heavy atom. The molecule has 2 aliphatic rings. The van der Waals surface area contributed by atoms with E-state index >= 15 is 0 Å². The van der Waals surface area contributed by atoms with Crippen LogP contribution in [0, 0.1) is 0 Å². The summed E-state index contributed by atoms with van der Waals surface area (Å²) in [6, 6.07) is 16.7. The molecule has 0 bridgehead atoms. The fraction of sp³-hybridized carbons (Fsp3) is 0.167. The van der Waals surface area contributed by atoms with Crippen molar-refractivity contribution < 1.29 is 24.2 Å². The molecule has 9 heteroatoms. The number of thiazole rings is 1. The highest BCUT2D eigenvalue weighted by Gasteiger charge is 2.48. The summed E-state index contributed by atoms with van der Waals surface area (Å²) >= 11 is 7.43. The summed E-state index contributed by atoms with van der Waals surface area (Å²) in [5, 5.41) is 12.4. The second-order valence-electron chi connectivity index (χ2n) is 9.40. The molecule has 4 aromatic rings. The quantitative estimate of drug-likeness (QED) is 0.126. The Morgan fingerprint density at radius 1 is 1.21 bits per heavy atom. The average molecular weight is 559 g/mol. The van der Waals surface area contributed by atoms with Gasteiger partial charge in [0, 0.05) is 17.0 Å². The first kappa shape index (κ1) is 25.2. The van der Waals surface area contributed by atoms with E-state index in [4.69, 9.17) is 21.1 Å². The molecule has 2 atom stereocenters. The van der Waals surface area contributed by atoms with Crippen molar-refractivity contribution in [2.75, 3.05) is 11.5 Å². The van der Waals surface area contributed by atoms with Crippen LogP contribution in [-0.4, -0.2) is 34.5 Å². The maximum atomic E-state index is 13.5. The number of halogens is 1. The predicted octanol–water partition coefficient (Wildman–Crippen LogP) is 6.46. The summed E-state index contributed by atoms with van der Waals surface area (Å²) in [5.41, 5.74) is 2.64. The minimum atomic E-state index is -0.905. The molecule has 1 fully saturated rings. The first-order chi connectivity index (χ1) is 18.8.